The van der Waals surface area contributed by atoms with Crippen molar-refractivity contribution in [3.63, 3.8) is 0 Å². The van der Waals surface area contributed by atoms with Crippen LogP contribution in [0.25, 0.3) is 0 Å². The molecule has 0 aliphatic rings. The Morgan fingerprint density at radius 3 is 0.917 bits per heavy atom. The maximum absolute atomic E-state index is 5.98. The lowest BCUT2D eigenvalue weighted by atomic mass is 10.1. The molecule has 208 valence electrons. The zero-order valence-electron chi connectivity index (χ0n) is 24.4. The van der Waals surface area contributed by atoms with Crippen LogP contribution in [0.2, 0.25) is 0 Å². The van der Waals surface area contributed by atoms with Crippen molar-refractivity contribution in [3.8, 4) is 11.5 Å². The highest BCUT2D eigenvalue weighted by atomic mass is 16.5. The summed E-state index contributed by atoms with van der Waals surface area (Å²) < 4.78 is 12.0. The highest BCUT2D eigenvalue weighted by molar-refractivity contribution is 5.37. The van der Waals surface area contributed by atoms with Crippen LogP contribution in [-0.4, -0.2) is 13.2 Å². The van der Waals surface area contributed by atoms with Crippen LogP contribution in [0.15, 0.2) is 12.1 Å². The van der Waals surface area contributed by atoms with Gasteiger partial charge in [-0.05, 0) is 25.0 Å². The van der Waals surface area contributed by atoms with Gasteiger partial charge in [-0.25, -0.2) is 0 Å². The quantitative estimate of drug-likeness (QED) is 0.106. The molecule has 1 aromatic rings. The molecule has 0 spiro atoms. The molecule has 2 nitrogen and oxygen atoms in total. The molecule has 0 atom stereocenters. The minimum Gasteiger partial charge on any atom is -0.489 e. The second kappa shape index (κ2) is 26.9. The number of unbranched alkanes of at least 4 members (excludes halogenated alkanes) is 22. The standard InChI is InChI=1S/C34H60O2/c1-3-5-7-9-11-13-15-17-19-21-23-27-31-35-33-29-25-26-30-34(33)36-32-28-24-22-20-18-16-14-12-10-8-6-4-2/h25-26H,3-24,27-28,31-32H2,1-2H3. The van der Waals surface area contributed by atoms with Crippen LogP contribution in [0.5, 0.6) is 11.5 Å². The third kappa shape index (κ3) is 21.0. The lowest BCUT2D eigenvalue weighted by molar-refractivity contribution is 0.257. The Hall–Kier alpha value is -1.18. The van der Waals surface area contributed by atoms with E-state index in [4.69, 9.17) is 9.47 Å². The third-order valence-electron chi connectivity index (χ3n) is 7.21. The number of rotatable bonds is 28. The molecule has 0 saturated heterocycles. The Labute approximate surface area is 226 Å². The van der Waals surface area contributed by atoms with Gasteiger partial charge in [-0.3, -0.25) is 0 Å². The molecule has 2 radical (unpaired) electrons. The van der Waals surface area contributed by atoms with Gasteiger partial charge in [-0.2, -0.15) is 0 Å². The Morgan fingerprint density at radius 1 is 0.389 bits per heavy atom. The molecule has 1 rings (SSSR count). The highest BCUT2D eigenvalue weighted by Crippen LogP contribution is 2.26. The largest absolute Gasteiger partial charge is 0.489 e. The first-order chi connectivity index (χ1) is 17.9. The molecule has 2 heteroatoms. The average molecular weight is 501 g/mol. The molecule has 0 bridgehead atoms. The van der Waals surface area contributed by atoms with E-state index in [1.54, 1.807) is 0 Å². The van der Waals surface area contributed by atoms with Gasteiger partial charge in [0.05, 0.1) is 13.2 Å². The first kappa shape index (κ1) is 32.8. The number of benzene rings is 1. The second-order valence-electron chi connectivity index (χ2n) is 10.8. The van der Waals surface area contributed by atoms with Crippen LogP contribution in [0.4, 0.5) is 0 Å². The van der Waals surface area contributed by atoms with Crippen LogP contribution in [0.3, 0.4) is 0 Å². The van der Waals surface area contributed by atoms with Crippen LogP contribution in [0, 0.1) is 12.1 Å². The van der Waals surface area contributed by atoms with Crippen molar-refractivity contribution >= 4 is 0 Å². The molecule has 0 fully saturated rings. The van der Waals surface area contributed by atoms with E-state index in [2.05, 4.69) is 26.0 Å². The summed E-state index contributed by atoms with van der Waals surface area (Å²) in [6, 6.07) is 10.1. The minimum absolute atomic E-state index is 0.736. The molecule has 0 aliphatic carbocycles. The van der Waals surface area contributed by atoms with E-state index in [1.807, 2.05) is 12.1 Å². The van der Waals surface area contributed by atoms with Gasteiger partial charge in [0.1, 0.15) is 0 Å². The summed E-state index contributed by atoms with van der Waals surface area (Å²) >= 11 is 0. The van der Waals surface area contributed by atoms with E-state index in [-0.39, 0.29) is 0 Å². The Kier molecular flexibility index (Phi) is 24.5. The molecule has 36 heavy (non-hydrogen) atoms. The predicted molar refractivity (Wildman–Crippen MR) is 157 cm³/mol. The van der Waals surface area contributed by atoms with Gasteiger partial charge in [0.15, 0.2) is 11.5 Å². The summed E-state index contributed by atoms with van der Waals surface area (Å²) in [5, 5.41) is 0. The van der Waals surface area contributed by atoms with Crippen molar-refractivity contribution in [2.75, 3.05) is 13.2 Å². The lowest BCUT2D eigenvalue weighted by Crippen LogP contribution is -2.03. The van der Waals surface area contributed by atoms with E-state index in [9.17, 15) is 0 Å². The summed E-state index contributed by atoms with van der Waals surface area (Å²) in [4.78, 5) is 0. The lowest BCUT2D eigenvalue weighted by Gasteiger charge is -2.12. The molecule has 0 aromatic heterocycles. The van der Waals surface area contributed by atoms with Crippen LogP contribution >= 0.6 is 0 Å². The molecule has 0 saturated carbocycles. The Morgan fingerprint density at radius 2 is 0.639 bits per heavy atom. The van der Waals surface area contributed by atoms with E-state index < -0.39 is 0 Å². The fourth-order valence-electron chi connectivity index (χ4n) is 4.81. The second-order valence-corrected chi connectivity index (χ2v) is 10.8. The van der Waals surface area contributed by atoms with Crippen molar-refractivity contribution in [1.29, 1.82) is 0 Å². The monoisotopic (exact) mass is 500 g/mol. The van der Waals surface area contributed by atoms with Crippen LogP contribution in [-0.2, 0) is 0 Å². The molecule has 1 aromatic carbocycles. The van der Waals surface area contributed by atoms with Gasteiger partial charge in [0.25, 0.3) is 0 Å². The maximum atomic E-state index is 5.98. The van der Waals surface area contributed by atoms with E-state index in [0.717, 1.165) is 37.6 Å². The van der Waals surface area contributed by atoms with Crippen molar-refractivity contribution in [2.24, 2.45) is 0 Å². The smallest absolute Gasteiger partial charge is 0.169 e. The molecule has 0 amide bonds. The predicted octanol–water partition coefficient (Wildman–Crippen LogP) is 11.4. The zero-order chi connectivity index (χ0) is 25.8. The third-order valence-corrected chi connectivity index (χ3v) is 7.21. The molecular formula is C34H60O2. The zero-order valence-corrected chi connectivity index (χ0v) is 24.4. The van der Waals surface area contributed by atoms with E-state index >= 15 is 0 Å². The molecule has 0 N–H and O–H groups in total. The van der Waals surface area contributed by atoms with E-state index in [0.29, 0.717) is 0 Å². The summed E-state index contributed by atoms with van der Waals surface area (Å²) in [5.41, 5.74) is 0. The summed E-state index contributed by atoms with van der Waals surface area (Å²) in [5.74, 6) is 1.47. The molecule has 0 heterocycles. The van der Waals surface area contributed by atoms with Gasteiger partial charge >= 0.3 is 0 Å². The Bertz CT molecular complexity index is 507. The van der Waals surface area contributed by atoms with Crippen molar-refractivity contribution in [1.82, 2.24) is 0 Å². The van der Waals surface area contributed by atoms with Crippen LogP contribution in [0.1, 0.15) is 168 Å². The maximum Gasteiger partial charge on any atom is 0.169 e. The highest BCUT2D eigenvalue weighted by Gasteiger charge is 2.05. The summed E-state index contributed by atoms with van der Waals surface area (Å²) in [7, 11) is 0. The first-order valence-electron chi connectivity index (χ1n) is 16.1. The van der Waals surface area contributed by atoms with Gasteiger partial charge in [0, 0.05) is 12.1 Å². The van der Waals surface area contributed by atoms with Crippen molar-refractivity contribution < 1.29 is 9.47 Å². The Balaban J connectivity index is 1.94. The number of ether oxygens (including phenoxy) is 2. The number of hydrogen-bond acceptors (Lipinski definition) is 2. The SMILES string of the molecule is CCCCCCCCCCCCCCOc1[c]cc[c]c1OCCCCCCCCCCCCCC. The molecule has 0 aliphatic heterocycles. The summed E-state index contributed by atoms with van der Waals surface area (Å²) in [6.07, 6.45) is 32.7. The summed E-state index contributed by atoms with van der Waals surface area (Å²) in [6.45, 7) is 6.08. The first-order valence-corrected chi connectivity index (χ1v) is 16.1. The molecular weight excluding hydrogens is 440 g/mol. The van der Waals surface area contributed by atoms with Gasteiger partial charge in [-0.15, -0.1) is 0 Å². The van der Waals surface area contributed by atoms with Crippen molar-refractivity contribution in [2.45, 2.75) is 168 Å². The normalized spacial score (nSPS) is 11.2. The van der Waals surface area contributed by atoms with Crippen molar-refractivity contribution in [3.05, 3.63) is 24.3 Å². The number of hydrogen-bond donors (Lipinski definition) is 0. The minimum atomic E-state index is 0.736. The van der Waals surface area contributed by atoms with Gasteiger partial charge in [0.2, 0.25) is 0 Å². The van der Waals surface area contributed by atoms with Crippen LogP contribution < -0.4 is 9.47 Å². The topological polar surface area (TPSA) is 18.5 Å². The van der Waals surface area contributed by atoms with E-state index in [1.165, 1.54) is 141 Å². The fourth-order valence-corrected chi connectivity index (χ4v) is 4.81. The van der Waals surface area contributed by atoms with Gasteiger partial charge < -0.3 is 9.47 Å². The van der Waals surface area contributed by atoms with Gasteiger partial charge in [-0.1, -0.05) is 155 Å². The molecule has 0 unspecified atom stereocenters. The fraction of sp³-hybridized carbons (Fsp3) is 0.824. The average Bonchev–Trinajstić information content (AvgIpc) is 2.90.